The fourth-order valence-electron chi connectivity index (χ4n) is 2.65. The number of aryl methyl sites for hydroxylation is 1. The number of sulfone groups is 1. The number of rotatable bonds is 12. The smallest absolute Gasteiger partial charge is 0.254 e. The number of benzene rings is 1. The molecule has 0 aliphatic carbocycles. The number of aromatic nitrogens is 2. The van der Waals surface area contributed by atoms with Gasteiger partial charge in [-0.05, 0) is 57.1 Å². The van der Waals surface area contributed by atoms with Crippen LogP contribution in [0.5, 0.6) is 0 Å². The van der Waals surface area contributed by atoms with Crippen LogP contribution in [0.25, 0.3) is 0 Å². The van der Waals surface area contributed by atoms with Crippen LogP contribution in [0.3, 0.4) is 0 Å². The molecule has 10 heteroatoms. The van der Waals surface area contributed by atoms with E-state index in [1.165, 1.54) is 35.1 Å². The Morgan fingerprint density at radius 3 is 2.50 bits per heavy atom. The number of anilines is 2. The molecule has 2 aromatic rings. The Morgan fingerprint density at radius 1 is 1.18 bits per heavy atom. The summed E-state index contributed by atoms with van der Waals surface area (Å²) in [4.78, 5) is 11.7. The number of halogens is 1. The predicted molar refractivity (Wildman–Crippen MR) is 107 cm³/mol. The van der Waals surface area contributed by atoms with Crippen molar-refractivity contribution < 1.29 is 17.6 Å². The van der Waals surface area contributed by atoms with E-state index in [1.807, 2.05) is 7.05 Å². The molecule has 0 atom stereocenters. The molecule has 0 saturated carbocycles. The van der Waals surface area contributed by atoms with Gasteiger partial charge in [0.05, 0.1) is 11.5 Å². The summed E-state index contributed by atoms with van der Waals surface area (Å²) in [5, 5.41) is 10.2. The van der Waals surface area contributed by atoms with Crippen molar-refractivity contribution in [1.82, 2.24) is 15.1 Å². The Balaban J connectivity index is 1.95. The average molecular weight is 412 g/mol. The number of nitrogens with two attached hydrogens (primary N) is 1. The zero-order valence-corrected chi connectivity index (χ0v) is 16.6. The predicted octanol–water partition coefficient (Wildman–Crippen LogP) is 1.67. The van der Waals surface area contributed by atoms with E-state index in [0.717, 1.165) is 13.0 Å². The minimum atomic E-state index is -3.12. The van der Waals surface area contributed by atoms with Crippen molar-refractivity contribution in [3.05, 3.63) is 41.8 Å². The SMILES string of the molecule is CNCCCCS(=O)(=O)CCCn1cc(C(N)=O)c(Nc2ccc(F)cc2)n1. The molecular formula is C18H26FN5O3S. The van der Waals surface area contributed by atoms with E-state index in [1.54, 1.807) is 0 Å². The molecular weight excluding hydrogens is 385 g/mol. The van der Waals surface area contributed by atoms with Crippen LogP contribution in [0.1, 0.15) is 29.6 Å². The normalized spacial score (nSPS) is 11.5. The Labute approximate surface area is 164 Å². The van der Waals surface area contributed by atoms with Crippen LogP contribution in [0.4, 0.5) is 15.9 Å². The Morgan fingerprint density at radius 2 is 1.86 bits per heavy atom. The summed E-state index contributed by atoms with van der Waals surface area (Å²) in [6, 6.07) is 5.59. The molecule has 4 N–H and O–H groups in total. The summed E-state index contributed by atoms with van der Waals surface area (Å²) in [5.74, 6) is -0.572. The first-order chi connectivity index (χ1) is 13.3. The number of carbonyl (C=O) groups is 1. The zero-order valence-electron chi connectivity index (χ0n) is 15.8. The summed E-state index contributed by atoms with van der Waals surface area (Å²) >= 11 is 0. The van der Waals surface area contributed by atoms with Crippen LogP contribution in [-0.2, 0) is 16.4 Å². The lowest BCUT2D eigenvalue weighted by atomic mass is 10.2. The van der Waals surface area contributed by atoms with Gasteiger partial charge in [0.15, 0.2) is 5.82 Å². The van der Waals surface area contributed by atoms with E-state index in [2.05, 4.69) is 15.7 Å². The van der Waals surface area contributed by atoms with E-state index < -0.39 is 15.7 Å². The lowest BCUT2D eigenvalue weighted by Crippen LogP contribution is -2.15. The minimum Gasteiger partial charge on any atom is -0.365 e. The van der Waals surface area contributed by atoms with Crippen molar-refractivity contribution in [2.45, 2.75) is 25.8 Å². The monoisotopic (exact) mass is 411 g/mol. The fourth-order valence-corrected chi connectivity index (χ4v) is 4.07. The highest BCUT2D eigenvalue weighted by Gasteiger charge is 2.15. The highest BCUT2D eigenvalue weighted by atomic mass is 32.2. The summed E-state index contributed by atoms with van der Waals surface area (Å²) in [7, 11) is -1.28. The number of hydrogen-bond donors (Lipinski definition) is 3. The third-order valence-electron chi connectivity index (χ3n) is 4.11. The highest BCUT2D eigenvalue weighted by molar-refractivity contribution is 7.91. The fraction of sp³-hybridized carbons (Fsp3) is 0.444. The van der Waals surface area contributed by atoms with E-state index >= 15 is 0 Å². The second-order valence-corrected chi connectivity index (χ2v) is 8.77. The van der Waals surface area contributed by atoms with Crippen molar-refractivity contribution >= 4 is 27.2 Å². The van der Waals surface area contributed by atoms with Crippen molar-refractivity contribution in [3.8, 4) is 0 Å². The van der Waals surface area contributed by atoms with Crippen molar-refractivity contribution in [2.75, 3.05) is 30.4 Å². The van der Waals surface area contributed by atoms with Gasteiger partial charge in [0.25, 0.3) is 5.91 Å². The van der Waals surface area contributed by atoms with Gasteiger partial charge in [-0.3, -0.25) is 9.48 Å². The lowest BCUT2D eigenvalue weighted by Gasteiger charge is -2.05. The number of carbonyl (C=O) groups excluding carboxylic acids is 1. The van der Waals surface area contributed by atoms with E-state index in [0.29, 0.717) is 25.1 Å². The second kappa shape index (κ2) is 10.2. The number of hydrogen-bond acceptors (Lipinski definition) is 6. The number of unbranched alkanes of at least 4 members (excludes halogenated alkanes) is 1. The van der Waals surface area contributed by atoms with Crippen LogP contribution in [0.2, 0.25) is 0 Å². The molecule has 154 valence electrons. The maximum atomic E-state index is 13.0. The third-order valence-corrected chi connectivity index (χ3v) is 5.93. The van der Waals surface area contributed by atoms with Crippen molar-refractivity contribution in [1.29, 1.82) is 0 Å². The first kappa shape index (κ1) is 21.8. The van der Waals surface area contributed by atoms with Gasteiger partial charge in [0.2, 0.25) is 0 Å². The Bertz CT molecular complexity index is 881. The van der Waals surface area contributed by atoms with Gasteiger partial charge in [0, 0.05) is 18.4 Å². The first-order valence-electron chi connectivity index (χ1n) is 9.05. The number of amides is 1. The molecule has 1 amide bonds. The van der Waals surface area contributed by atoms with Gasteiger partial charge in [-0.25, -0.2) is 12.8 Å². The molecule has 0 aliphatic rings. The van der Waals surface area contributed by atoms with Gasteiger partial charge < -0.3 is 16.4 Å². The van der Waals surface area contributed by atoms with Crippen LogP contribution in [0, 0.1) is 5.82 Å². The van der Waals surface area contributed by atoms with E-state index in [-0.39, 0.29) is 28.7 Å². The molecule has 8 nitrogen and oxygen atoms in total. The number of primary amides is 1. The maximum Gasteiger partial charge on any atom is 0.254 e. The second-order valence-electron chi connectivity index (χ2n) is 6.47. The molecule has 1 aromatic carbocycles. The van der Waals surface area contributed by atoms with Gasteiger partial charge >= 0.3 is 0 Å². The van der Waals surface area contributed by atoms with Gasteiger partial charge in [-0.1, -0.05) is 0 Å². The van der Waals surface area contributed by atoms with Gasteiger partial charge in [-0.15, -0.1) is 0 Å². The maximum absolute atomic E-state index is 13.0. The third kappa shape index (κ3) is 6.93. The molecule has 0 aliphatic heterocycles. The Hall–Kier alpha value is -2.46. The van der Waals surface area contributed by atoms with Crippen LogP contribution in [0.15, 0.2) is 30.5 Å². The summed E-state index contributed by atoms with van der Waals surface area (Å²) < 4.78 is 38.6. The summed E-state index contributed by atoms with van der Waals surface area (Å²) in [5.41, 5.74) is 6.12. The molecule has 28 heavy (non-hydrogen) atoms. The standard InChI is InChI=1S/C18H26FN5O3S/c1-21-9-2-3-11-28(26,27)12-4-10-24-13-16(17(20)25)18(23-24)22-15-7-5-14(19)6-8-15/h5-8,13,21H,2-4,9-12H2,1H3,(H2,20,25)(H,22,23). The molecule has 1 heterocycles. The Kier molecular flexibility index (Phi) is 7.94. The van der Waals surface area contributed by atoms with Gasteiger partial charge in [-0.2, -0.15) is 5.10 Å². The summed E-state index contributed by atoms with van der Waals surface area (Å²) in [6.07, 6.45) is 3.30. The molecule has 0 unspecified atom stereocenters. The molecule has 1 aromatic heterocycles. The van der Waals surface area contributed by atoms with Crippen LogP contribution >= 0.6 is 0 Å². The molecule has 0 saturated heterocycles. The van der Waals surface area contributed by atoms with Crippen LogP contribution < -0.4 is 16.4 Å². The lowest BCUT2D eigenvalue weighted by molar-refractivity contribution is 0.100. The molecule has 0 radical (unpaired) electrons. The number of nitrogens with one attached hydrogen (secondary N) is 2. The molecule has 0 fully saturated rings. The summed E-state index contributed by atoms with van der Waals surface area (Å²) in [6.45, 7) is 1.13. The topological polar surface area (TPSA) is 119 Å². The van der Waals surface area contributed by atoms with Crippen molar-refractivity contribution in [3.63, 3.8) is 0 Å². The molecule has 0 bridgehead atoms. The molecule has 0 spiro atoms. The minimum absolute atomic E-state index is 0.0546. The molecule has 2 rings (SSSR count). The zero-order chi connectivity index (χ0) is 20.6. The van der Waals surface area contributed by atoms with Gasteiger partial charge in [0.1, 0.15) is 21.2 Å². The van der Waals surface area contributed by atoms with E-state index in [9.17, 15) is 17.6 Å². The quantitative estimate of drug-likeness (QED) is 0.457. The largest absolute Gasteiger partial charge is 0.365 e. The van der Waals surface area contributed by atoms with Crippen molar-refractivity contribution in [2.24, 2.45) is 5.73 Å². The van der Waals surface area contributed by atoms with Crippen LogP contribution in [-0.4, -0.2) is 49.2 Å². The number of nitrogens with zero attached hydrogens (tertiary/aromatic N) is 2. The highest BCUT2D eigenvalue weighted by Crippen LogP contribution is 2.19. The first-order valence-corrected chi connectivity index (χ1v) is 10.9. The average Bonchev–Trinajstić information content (AvgIpc) is 3.03. The van der Waals surface area contributed by atoms with E-state index in [4.69, 9.17) is 5.73 Å².